The number of aliphatic hydroxyl groups is 1. The zero-order valence-corrected chi connectivity index (χ0v) is 29.3. The molecule has 1 aromatic carbocycles. The first-order chi connectivity index (χ1) is 21.2. The third-order valence-corrected chi connectivity index (χ3v) is 11.6. The van der Waals surface area contributed by atoms with Crippen LogP contribution in [0.4, 0.5) is 8.78 Å². The van der Waals surface area contributed by atoms with E-state index in [9.17, 15) is 18.7 Å². The van der Waals surface area contributed by atoms with E-state index in [4.69, 9.17) is 18.9 Å². The number of benzene rings is 1. The lowest BCUT2D eigenvalue weighted by Crippen LogP contribution is -2.27. The number of halogens is 2. The lowest BCUT2D eigenvalue weighted by molar-refractivity contribution is -0.0516. The highest BCUT2D eigenvalue weighted by atomic mass is 28.3. The molecule has 3 aromatic rings. The molecule has 1 unspecified atom stereocenters. The second-order valence-electron chi connectivity index (χ2n) is 14.7. The fraction of sp³-hybridized carbons (Fsp3) is 0.625. The van der Waals surface area contributed by atoms with E-state index >= 15 is 0 Å². The summed E-state index contributed by atoms with van der Waals surface area (Å²) >= 11 is 0. The highest BCUT2D eigenvalue weighted by molar-refractivity contribution is 6.76. The Hall–Kier alpha value is -2.59. The first-order valence-corrected chi connectivity index (χ1v) is 23.3. The molecule has 9 nitrogen and oxygen atoms in total. The number of nitrogens with zero attached hydrogens (tertiary/aromatic N) is 3. The number of rotatable bonds is 17. The molecular weight excluding hydrogens is 617 g/mol. The fourth-order valence-electron chi connectivity index (χ4n) is 5.16. The van der Waals surface area contributed by atoms with Gasteiger partial charge >= 0.3 is 6.61 Å². The summed E-state index contributed by atoms with van der Waals surface area (Å²) in [6, 6.07) is 6.71. The van der Waals surface area contributed by atoms with Crippen molar-refractivity contribution >= 4 is 27.1 Å². The normalized spacial score (nSPS) is 16.5. The van der Waals surface area contributed by atoms with Crippen molar-refractivity contribution in [2.75, 3.05) is 13.2 Å². The molecule has 0 aliphatic heterocycles. The molecule has 1 atom stereocenters. The van der Waals surface area contributed by atoms with E-state index in [-0.39, 0.29) is 42.5 Å². The van der Waals surface area contributed by atoms with Gasteiger partial charge in [0.2, 0.25) is 0 Å². The largest absolute Gasteiger partial charge is 0.487 e. The molecule has 0 radical (unpaired) electrons. The van der Waals surface area contributed by atoms with Gasteiger partial charge < -0.3 is 28.6 Å². The molecule has 2 heterocycles. The molecule has 2 aromatic heterocycles. The SMILES string of the molecule is C[Si](C)(C)CCOCn1ncc2c(c(C(O)C3CC3)c(-c3ccc(OC(F)F)c(OC4CC4)c3)n2COCC[Si](C)(C)C)c1=O. The average Bonchev–Trinajstić information content (AvgIpc) is 3.87. The minimum Gasteiger partial charge on any atom is -0.487 e. The summed E-state index contributed by atoms with van der Waals surface area (Å²) in [5.41, 5.74) is 1.85. The van der Waals surface area contributed by atoms with Gasteiger partial charge in [-0.15, -0.1) is 0 Å². The number of ether oxygens (including phenoxy) is 4. The molecule has 2 saturated carbocycles. The number of fused-ring (bicyclic) bond motifs is 1. The smallest absolute Gasteiger partial charge is 0.387 e. The van der Waals surface area contributed by atoms with Crippen LogP contribution in [0.2, 0.25) is 51.4 Å². The molecule has 0 amide bonds. The van der Waals surface area contributed by atoms with E-state index in [2.05, 4.69) is 44.4 Å². The average molecular weight is 664 g/mol. The fourth-order valence-corrected chi connectivity index (χ4v) is 6.68. The van der Waals surface area contributed by atoms with Crippen LogP contribution in [0.5, 0.6) is 11.5 Å². The minimum atomic E-state index is -3.01. The van der Waals surface area contributed by atoms with Crippen LogP contribution in [0.25, 0.3) is 22.2 Å². The second kappa shape index (κ2) is 13.6. The predicted octanol–water partition coefficient (Wildman–Crippen LogP) is 7.08. The van der Waals surface area contributed by atoms with E-state index in [0.717, 1.165) is 37.8 Å². The van der Waals surface area contributed by atoms with Crippen molar-refractivity contribution in [1.29, 1.82) is 0 Å². The first-order valence-electron chi connectivity index (χ1n) is 15.9. The van der Waals surface area contributed by atoms with E-state index < -0.39 is 28.9 Å². The van der Waals surface area contributed by atoms with E-state index in [1.165, 1.54) is 10.7 Å². The number of aromatic nitrogens is 3. The molecule has 248 valence electrons. The monoisotopic (exact) mass is 663 g/mol. The topological polar surface area (TPSA) is 97.0 Å². The molecule has 1 N–H and O–H groups in total. The molecule has 5 rings (SSSR count). The Morgan fingerprint density at radius 1 is 0.956 bits per heavy atom. The Bertz CT molecular complexity index is 1540. The van der Waals surface area contributed by atoms with Gasteiger partial charge in [0.1, 0.15) is 13.5 Å². The summed E-state index contributed by atoms with van der Waals surface area (Å²) in [6.07, 6.45) is 4.01. The molecule has 45 heavy (non-hydrogen) atoms. The second-order valence-corrected chi connectivity index (χ2v) is 26.0. The van der Waals surface area contributed by atoms with Gasteiger partial charge in [-0.1, -0.05) is 39.3 Å². The zero-order chi connectivity index (χ0) is 32.5. The van der Waals surface area contributed by atoms with Crippen LogP contribution < -0.4 is 15.0 Å². The maximum absolute atomic E-state index is 14.1. The summed E-state index contributed by atoms with van der Waals surface area (Å²) in [5.74, 6) is 0.150. The van der Waals surface area contributed by atoms with Crippen LogP contribution in [0.3, 0.4) is 0 Å². The third-order valence-electron chi connectivity index (χ3n) is 8.15. The van der Waals surface area contributed by atoms with E-state index in [0.29, 0.717) is 40.9 Å². The van der Waals surface area contributed by atoms with Crippen molar-refractivity contribution in [1.82, 2.24) is 14.3 Å². The molecule has 0 spiro atoms. The predicted molar refractivity (Wildman–Crippen MR) is 176 cm³/mol. The van der Waals surface area contributed by atoms with Crippen LogP contribution in [-0.4, -0.2) is 61.5 Å². The van der Waals surface area contributed by atoms with Crippen LogP contribution in [0.15, 0.2) is 29.2 Å². The lowest BCUT2D eigenvalue weighted by atomic mass is 9.98. The highest BCUT2D eigenvalue weighted by Gasteiger charge is 2.37. The van der Waals surface area contributed by atoms with Gasteiger partial charge in [-0.05, 0) is 61.9 Å². The van der Waals surface area contributed by atoms with Crippen molar-refractivity contribution in [2.45, 2.75) is 109 Å². The Kier molecular flexibility index (Phi) is 10.2. The summed E-state index contributed by atoms with van der Waals surface area (Å²) in [5, 5.41) is 16.5. The number of alkyl halides is 2. The van der Waals surface area contributed by atoms with Crippen LogP contribution in [0.1, 0.15) is 37.4 Å². The van der Waals surface area contributed by atoms with E-state index in [1.807, 2.05) is 4.57 Å². The van der Waals surface area contributed by atoms with Crippen molar-refractivity contribution in [3.63, 3.8) is 0 Å². The molecule has 2 aliphatic carbocycles. The molecule has 2 aliphatic rings. The van der Waals surface area contributed by atoms with Crippen molar-refractivity contribution in [3.05, 3.63) is 40.3 Å². The highest BCUT2D eigenvalue weighted by Crippen LogP contribution is 2.48. The summed E-state index contributed by atoms with van der Waals surface area (Å²) in [6.45, 7) is 11.8. The molecule has 0 saturated heterocycles. The van der Waals surface area contributed by atoms with E-state index in [1.54, 1.807) is 18.3 Å². The van der Waals surface area contributed by atoms with Gasteiger partial charge in [0, 0.05) is 40.5 Å². The van der Waals surface area contributed by atoms with Gasteiger partial charge in [-0.25, -0.2) is 4.68 Å². The standard InChI is InChI=1S/C32H47F2N3O6Si2/c1-44(2,3)15-13-40-19-36-24-18-35-37(20-41-14-16-45(4,5)6)31(39)27(24)28(30(38)21-7-8-21)29(36)22-9-12-25(43-32(33)34)26(17-22)42-23-10-11-23/h9,12,17-18,21,23,30,32,38H,7-8,10-11,13-16,19-20H2,1-6H3. The maximum atomic E-state index is 14.1. The Morgan fingerprint density at radius 3 is 2.18 bits per heavy atom. The van der Waals surface area contributed by atoms with Gasteiger partial charge in [0.05, 0.1) is 35.0 Å². The summed E-state index contributed by atoms with van der Waals surface area (Å²) < 4.78 is 52.6. The molecule has 2 fully saturated rings. The number of hydrogen-bond donors (Lipinski definition) is 1. The van der Waals surface area contributed by atoms with Crippen LogP contribution in [0, 0.1) is 5.92 Å². The van der Waals surface area contributed by atoms with Crippen molar-refractivity contribution in [3.8, 4) is 22.8 Å². The van der Waals surface area contributed by atoms with Gasteiger partial charge in [0.15, 0.2) is 11.5 Å². The first kappa shape index (κ1) is 33.8. The van der Waals surface area contributed by atoms with Crippen LogP contribution in [-0.2, 0) is 22.9 Å². The molecule has 13 heteroatoms. The lowest BCUT2D eigenvalue weighted by Gasteiger charge is -2.19. The minimum absolute atomic E-state index is 0.00445. The third kappa shape index (κ3) is 8.82. The maximum Gasteiger partial charge on any atom is 0.387 e. The summed E-state index contributed by atoms with van der Waals surface area (Å²) in [7, 11) is -2.69. The summed E-state index contributed by atoms with van der Waals surface area (Å²) in [4.78, 5) is 14.1. The van der Waals surface area contributed by atoms with Gasteiger partial charge in [-0.2, -0.15) is 13.9 Å². The van der Waals surface area contributed by atoms with Crippen molar-refractivity contribution < 1.29 is 32.8 Å². The molecule has 0 bridgehead atoms. The molecular formula is C32H47F2N3O6Si2. The Labute approximate surface area is 265 Å². The van der Waals surface area contributed by atoms with Crippen molar-refractivity contribution in [2.24, 2.45) is 5.92 Å². The van der Waals surface area contributed by atoms with Crippen LogP contribution >= 0.6 is 0 Å². The zero-order valence-electron chi connectivity index (χ0n) is 27.3. The quantitative estimate of drug-likeness (QED) is 0.122. The van der Waals surface area contributed by atoms with Gasteiger partial charge in [0.25, 0.3) is 5.56 Å². The Balaban J connectivity index is 1.62. The number of aliphatic hydroxyl groups excluding tert-OH is 1. The Morgan fingerprint density at radius 2 is 1.60 bits per heavy atom. The number of hydrogen-bond acceptors (Lipinski definition) is 7. The van der Waals surface area contributed by atoms with Gasteiger partial charge in [-0.3, -0.25) is 4.79 Å².